The largest absolute Gasteiger partial charge is 0.269 e. The molecule has 0 aliphatic carbocycles. The van der Waals surface area contributed by atoms with E-state index in [0.717, 1.165) is 30.6 Å². The molecular weight excluding hydrogens is 196 g/mol. The van der Waals surface area contributed by atoms with Gasteiger partial charge in [-0.3, -0.25) is 4.68 Å². The lowest BCUT2D eigenvalue weighted by molar-refractivity contribution is 0.587. The molecule has 0 saturated carbocycles. The van der Waals surface area contributed by atoms with Gasteiger partial charge in [-0.1, -0.05) is 18.8 Å². The van der Waals surface area contributed by atoms with Gasteiger partial charge in [-0.05, 0) is 13.3 Å². The van der Waals surface area contributed by atoms with E-state index < -0.39 is 0 Å². The molecular formula is C11H15ClN2. The highest BCUT2D eigenvalue weighted by Crippen LogP contribution is 2.05. The summed E-state index contributed by atoms with van der Waals surface area (Å²) in [5.74, 6) is 6.68. The van der Waals surface area contributed by atoms with Gasteiger partial charge in [0, 0.05) is 18.8 Å². The van der Waals surface area contributed by atoms with E-state index in [4.69, 9.17) is 11.6 Å². The van der Waals surface area contributed by atoms with Gasteiger partial charge in [-0.15, -0.1) is 11.6 Å². The summed E-state index contributed by atoms with van der Waals surface area (Å²) >= 11 is 5.54. The molecule has 0 aliphatic heterocycles. The molecule has 0 atom stereocenters. The van der Waals surface area contributed by atoms with Crippen molar-refractivity contribution < 1.29 is 0 Å². The normalized spacial score (nSPS) is 9.64. The minimum absolute atomic E-state index is 0.592. The summed E-state index contributed by atoms with van der Waals surface area (Å²) < 4.78 is 1.99. The van der Waals surface area contributed by atoms with Gasteiger partial charge in [0.25, 0.3) is 0 Å². The third-order valence-electron chi connectivity index (χ3n) is 1.98. The standard InChI is InChI=1S/C11H15ClN2/c1-3-8-14-10(2)11(9-13-14)6-4-5-7-12/h9H,3,5,7-8H2,1-2H3. The highest BCUT2D eigenvalue weighted by molar-refractivity contribution is 6.18. The van der Waals surface area contributed by atoms with Crippen molar-refractivity contribution in [1.82, 2.24) is 9.78 Å². The van der Waals surface area contributed by atoms with Crippen molar-refractivity contribution in [3.8, 4) is 11.8 Å². The molecule has 0 aromatic carbocycles. The summed E-state index contributed by atoms with van der Waals surface area (Å²) in [6.45, 7) is 5.15. The summed E-state index contributed by atoms with van der Waals surface area (Å²) in [6, 6.07) is 0. The topological polar surface area (TPSA) is 17.8 Å². The zero-order valence-electron chi connectivity index (χ0n) is 8.68. The first-order valence-corrected chi connectivity index (χ1v) is 5.40. The lowest BCUT2D eigenvalue weighted by Gasteiger charge is -2.00. The summed E-state index contributed by atoms with van der Waals surface area (Å²) in [7, 11) is 0. The predicted octanol–water partition coefficient (Wildman–Crippen LogP) is 2.58. The average molecular weight is 211 g/mol. The van der Waals surface area contributed by atoms with Crippen LogP contribution in [0.1, 0.15) is 31.0 Å². The molecule has 0 spiro atoms. The molecule has 76 valence electrons. The van der Waals surface area contributed by atoms with E-state index in [2.05, 4.69) is 23.9 Å². The number of aryl methyl sites for hydroxylation is 1. The first-order chi connectivity index (χ1) is 6.79. The Hall–Kier alpha value is -0.940. The van der Waals surface area contributed by atoms with Crippen LogP contribution in [0.5, 0.6) is 0 Å². The van der Waals surface area contributed by atoms with Gasteiger partial charge in [-0.2, -0.15) is 5.10 Å². The maximum atomic E-state index is 5.54. The second-order valence-electron chi connectivity index (χ2n) is 3.11. The zero-order chi connectivity index (χ0) is 10.4. The molecule has 3 heteroatoms. The fourth-order valence-electron chi connectivity index (χ4n) is 1.21. The molecule has 14 heavy (non-hydrogen) atoms. The van der Waals surface area contributed by atoms with Gasteiger partial charge in [-0.25, -0.2) is 0 Å². The molecule has 0 N–H and O–H groups in total. The minimum Gasteiger partial charge on any atom is -0.269 e. The Morgan fingerprint density at radius 1 is 1.57 bits per heavy atom. The van der Waals surface area contributed by atoms with E-state index in [9.17, 15) is 0 Å². The van der Waals surface area contributed by atoms with E-state index in [1.54, 1.807) is 0 Å². The van der Waals surface area contributed by atoms with E-state index >= 15 is 0 Å². The zero-order valence-corrected chi connectivity index (χ0v) is 9.43. The molecule has 0 radical (unpaired) electrons. The van der Waals surface area contributed by atoms with Crippen LogP contribution in [0.25, 0.3) is 0 Å². The smallest absolute Gasteiger partial charge is 0.0654 e. The van der Waals surface area contributed by atoms with Crippen LogP contribution < -0.4 is 0 Å². The lowest BCUT2D eigenvalue weighted by Crippen LogP contribution is -2.00. The van der Waals surface area contributed by atoms with Crippen LogP contribution >= 0.6 is 11.6 Å². The molecule has 0 aliphatic rings. The van der Waals surface area contributed by atoms with Crippen LogP contribution in [0.2, 0.25) is 0 Å². The Bertz CT molecular complexity index is 344. The van der Waals surface area contributed by atoms with Crippen LogP contribution in [-0.2, 0) is 6.54 Å². The van der Waals surface area contributed by atoms with Crippen LogP contribution in [-0.4, -0.2) is 15.7 Å². The SMILES string of the molecule is CCCn1ncc(C#CCCCl)c1C. The number of hydrogen-bond donors (Lipinski definition) is 0. The van der Waals surface area contributed by atoms with E-state index in [0.29, 0.717) is 5.88 Å². The van der Waals surface area contributed by atoms with Crippen LogP contribution in [0.4, 0.5) is 0 Å². The molecule has 0 bridgehead atoms. The van der Waals surface area contributed by atoms with Gasteiger partial charge in [0.15, 0.2) is 0 Å². The minimum atomic E-state index is 0.592. The highest BCUT2D eigenvalue weighted by atomic mass is 35.5. The average Bonchev–Trinajstić information content (AvgIpc) is 2.51. The molecule has 2 nitrogen and oxygen atoms in total. The third-order valence-corrected chi connectivity index (χ3v) is 2.17. The first-order valence-electron chi connectivity index (χ1n) is 4.86. The van der Waals surface area contributed by atoms with E-state index in [-0.39, 0.29) is 0 Å². The molecule has 1 heterocycles. The van der Waals surface area contributed by atoms with Crippen molar-refractivity contribution >= 4 is 11.6 Å². The molecule has 0 fully saturated rings. The molecule has 0 amide bonds. The van der Waals surface area contributed by atoms with Gasteiger partial charge in [0.05, 0.1) is 17.5 Å². The van der Waals surface area contributed by atoms with Crippen molar-refractivity contribution in [2.75, 3.05) is 5.88 Å². The Morgan fingerprint density at radius 3 is 3.00 bits per heavy atom. The van der Waals surface area contributed by atoms with Crippen molar-refractivity contribution in [1.29, 1.82) is 0 Å². The van der Waals surface area contributed by atoms with Crippen molar-refractivity contribution in [2.24, 2.45) is 0 Å². The molecule has 1 aromatic heterocycles. The summed E-state index contributed by atoms with van der Waals surface area (Å²) in [5, 5.41) is 4.27. The number of hydrogen-bond acceptors (Lipinski definition) is 1. The number of halogens is 1. The van der Waals surface area contributed by atoms with Crippen LogP contribution in [0.15, 0.2) is 6.20 Å². The molecule has 1 rings (SSSR count). The number of alkyl halides is 1. The quantitative estimate of drug-likeness (QED) is 0.554. The second-order valence-corrected chi connectivity index (χ2v) is 3.49. The third kappa shape index (κ3) is 2.78. The van der Waals surface area contributed by atoms with Crippen molar-refractivity contribution in [3.05, 3.63) is 17.5 Å². The maximum absolute atomic E-state index is 5.54. The van der Waals surface area contributed by atoms with E-state index in [1.807, 2.05) is 17.8 Å². The second kappa shape index (κ2) is 5.72. The Balaban J connectivity index is 2.75. The number of nitrogens with zero attached hydrogens (tertiary/aromatic N) is 2. The molecule has 1 aromatic rings. The fraction of sp³-hybridized carbons (Fsp3) is 0.545. The Kier molecular flexibility index (Phi) is 4.55. The van der Waals surface area contributed by atoms with Gasteiger partial charge < -0.3 is 0 Å². The molecule has 0 unspecified atom stereocenters. The summed E-state index contributed by atoms with van der Waals surface area (Å²) in [5.41, 5.74) is 2.16. The Labute approximate surface area is 90.3 Å². The molecule has 0 saturated heterocycles. The summed E-state index contributed by atoms with van der Waals surface area (Å²) in [6.07, 6.45) is 3.66. The number of aromatic nitrogens is 2. The van der Waals surface area contributed by atoms with Gasteiger partial charge >= 0.3 is 0 Å². The number of rotatable bonds is 3. The van der Waals surface area contributed by atoms with Crippen LogP contribution in [0, 0.1) is 18.8 Å². The Morgan fingerprint density at radius 2 is 2.36 bits per heavy atom. The lowest BCUT2D eigenvalue weighted by atomic mass is 10.2. The predicted molar refractivity (Wildman–Crippen MR) is 59.5 cm³/mol. The van der Waals surface area contributed by atoms with Gasteiger partial charge in [0.2, 0.25) is 0 Å². The fourth-order valence-corrected chi connectivity index (χ4v) is 1.31. The monoisotopic (exact) mass is 210 g/mol. The maximum Gasteiger partial charge on any atom is 0.0654 e. The van der Waals surface area contributed by atoms with Crippen molar-refractivity contribution in [2.45, 2.75) is 33.2 Å². The van der Waals surface area contributed by atoms with Crippen LogP contribution in [0.3, 0.4) is 0 Å². The van der Waals surface area contributed by atoms with Gasteiger partial charge in [0.1, 0.15) is 0 Å². The summed E-state index contributed by atoms with van der Waals surface area (Å²) in [4.78, 5) is 0. The van der Waals surface area contributed by atoms with Crippen molar-refractivity contribution in [3.63, 3.8) is 0 Å². The van der Waals surface area contributed by atoms with E-state index in [1.165, 1.54) is 0 Å². The first kappa shape index (κ1) is 11.1. The highest BCUT2D eigenvalue weighted by Gasteiger charge is 2.01.